The van der Waals surface area contributed by atoms with Gasteiger partial charge in [0.2, 0.25) is 0 Å². The lowest BCUT2D eigenvalue weighted by Crippen LogP contribution is -2.68. The molecule has 0 aromatic rings. The van der Waals surface area contributed by atoms with Crippen LogP contribution in [0.2, 0.25) is 0 Å². The highest BCUT2D eigenvalue weighted by Crippen LogP contribution is 2.65. The first-order valence-corrected chi connectivity index (χ1v) is 7.15. The van der Waals surface area contributed by atoms with Crippen molar-refractivity contribution in [2.75, 3.05) is 13.2 Å². The van der Waals surface area contributed by atoms with Gasteiger partial charge in [0.15, 0.2) is 0 Å². The van der Waals surface area contributed by atoms with E-state index in [0.717, 1.165) is 25.0 Å². The lowest BCUT2D eigenvalue weighted by Gasteiger charge is -2.61. The van der Waals surface area contributed by atoms with Crippen molar-refractivity contribution in [1.29, 1.82) is 0 Å². The van der Waals surface area contributed by atoms with Crippen LogP contribution >= 0.6 is 0 Å². The van der Waals surface area contributed by atoms with E-state index in [1.807, 2.05) is 0 Å². The van der Waals surface area contributed by atoms with Gasteiger partial charge in [0.1, 0.15) is 5.60 Å². The molecular formula is C14H22O2. The maximum atomic E-state index is 6.36. The van der Waals surface area contributed by atoms with E-state index in [2.05, 4.69) is 0 Å². The van der Waals surface area contributed by atoms with Gasteiger partial charge in [-0.25, -0.2) is 0 Å². The SMILES string of the molecule is C1CCC2(CC1)OC[C@H]1C[C@@H]3CCCO[C@@]312. The lowest BCUT2D eigenvalue weighted by molar-refractivity contribution is -0.261. The molecule has 0 aromatic heterocycles. The number of hydrogen-bond acceptors (Lipinski definition) is 2. The van der Waals surface area contributed by atoms with E-state index >= 15 is 0 Å². The third-order valence-electron chi connectivity index (χ3n) is 5.75. The van der Waals surface area contributed by atoms with Crippen LogP contribution in [0.3, 0.4) is 0 Å². The molecule has 4 aliphatic rings. The van der Waals surface area contributed by atoms with Crippen LogP contribution in [0, 0.1) is 11.8 Å². The number of ether oxygens (including phenoxy) is 2. The van der Waals surface area contributed by atoms with Gasteiger partial charge >= 0.3 is 0 Å². The Kier molecular flexibility index (Phi) is 2.00. The highest BCUT2D eigenvalue weighted by molar-refractivity contribution is 5.21. The maximum absolute atomic E-state index is 6.36. The largest absolute Gasteiger partial charge is 0.372 e. The number of hydrogen-bond donors (Lipinski definition) is 0. The summed E-state index contributed by atoms with van der Waals surface area (Å²) in [4.78, 5) is 0. The second-order valence-corrected chi connectivity index (χ2v) is 6.28. The minimum absolute atomic E-state index is 0.138. The summed E-state index contributed by atoms with van der Waals surface area (Å²) in [5.74, 6) is 1.56. The van der Waals surface area contributed by atoms with Crippen LogP contribution < -0.4 is 0 Å². The average Bonchev–Trinajstić information content (AvgIpc) is 2.51. The molecule has 0 amide bonds. The predicted molar refractivity (Wildman–Crippen MR) is 61.3 cm³/mol. The Morgan fingerprint density at radius 1 is 0.875 bits per heavy atom. The van der Waals surface area contributed by atoms with Crippen LogP contribution in [-0.2, 0) is 9.47 Å². The molecule has 2 saturated heterocycles. The minimum atomic E-state index is 0.138. The zero-order chi connectivity index (χ0) is 10.6. The van der Waals surface area contributed by atoms with Gasteiger partial charge < -0.3 is 9.47 Å². The van der Waals surface area contributed by atoms with E-state index in [9.17, 15) is 0 Å². The van der Waals surface area contributed by atoms with Crippen molar-refractivity contribution in [3.8, 4) is 0 Å². The molecule has 2 saturated carbocycles. The zero-order valence-corrected chi connectivity index (χ0v) is 10.0. The molecule has 2 aliphatic heterocycles. The first kappa shape index (κ1) is 9.90. The molecule has 0 radical (unpaired) electrons. The van der Waals surface area contributed by atoms with Crippen molar-refractivity contribution in [3.63, 3.8) is 0 Å². The normalized spacial score (nSPS) is 49.5. The van der Waals surface area contributed by atoms with Gasteiger partial charge in [0.25, 0.3) is 0 Å². The van der Waals surface area contributed by atoms with Crippen LogP contribution in [0.5, 0.6) is 0 Å². The Hall–Kier alpha value is -0.0800. The smallest absolute Gasteiger partial charge is 0.105 e. The molecule has 0 bridgehead atoms. The van der Waals surface area contributed by atoms with Gasteiger partial charge in [-0.3, -0.25) is 0 Å². The first-order valence-electron chi connectivity index (χ1n) is 7.15. The van der Waals surface area contributed by atoms with Crippen molar-refractivity contribution in [3.05, 3.63) is 0 Å². The zero-order valence-electron chi connectivity index (χ0n) is 10.0. The van der Waals surface area contributed by atoms with Crippen molar-refractivity contribution in [2.45, 2.75) is 62.6 Å². The first-order chi connectivity index (χ1) is 7.87. The van der Waals surface area contributed by atoms with Crippen molar-refractivity contribution in [1.82, 2.24) is 0 Å². The summed E-state index contributed by atoms with van der Waals surface area (Å²) < 4.78 is 12.7. The van der Waals surface area contributed by atoms with Crippen LogP contribution in [0.4, 0.5) is 0 Å². The highest BCUT2D eigenvalue weighted by Gasteiger charge is 2.72. The van der Waals surface area contributed by atoms with Crippen LogP contribution in [0.15, 0.2) is 0 Å². The summed E-state index contributed by atoms with van der Waals surface area (Å²) in [7, 11) is 0. The molecule has 90 valence electrons. The summed E-state index contributed by atoms with van der Waals surface area (Å²) in [6, 6.07) is 0. The predicted octanol–water partition coefficient (Wildman–Crippen LogP) is 2.90. The number of rotatable bonds is 0. The molecule has 4 fully saturated rings. The summed E-state index contributed by atoms with van der Waals surface area (Å²) >= 11 is 0. The van der Waals surface area contributed by atoms with Crippen molar-refractivity contribution in [2.24, 2.45) is 11.8 Å². The molecule has 0 N–H and O–H groups in total. The summed E-state index contributed by atoms with van der Waals surface area (Å²) in [5, 5.41) is 0. The Balaban J connectivity index is 1.71. The third kappa shape index (κ3) is 0.971. The Bertz CT molecular complexity index is 290. The van der Waals surface area contributed by atoms with E-state index in [1.54, 1.807) is 0 Å². The standard InChI is InChI=1S/C14H22O2/c1-2-6-13(7-3-1)14-11(5-4-8-15-14)9-12(14)10-16-13/h11-12H,1-10H2/t11-,12+,14-/m0/s1. The van der Waals surface area contributed by atoms with E-state index in [1.165, 1.54) is 51.4 Å². The van der Waals surface area contributed by atoms with Gasteiger partial charge in [0.05, 0.1) is 12.2 Å². The molecular weight excluding hydrogens is 200 g/mol. The van der Waals surface area contributed by atoms with E-state index in [-0.39, 0.29) is 11.2 Å². The van der Waals surface area contributed by atoms with Gasteiger partial charge in [-0.1, -0.05) is 19.3 Å². The molecule has 2 nitrogen and oxygen atoms in total. The molecule has 2 aliphatic carbocycles. The molecule has 4 rings (SSSR count). The van der Waals surface area contributed by atoms with Gasteiger partial charge in [0, 0.05) is 12.5 Å². The molecule has 2 spiro atoms. The molecule has 2 heteroatoms. The Morgan fingerprint density at radius 2 is 1.75 bits per heavy atom. The fraction of sp³-hybridized carbons (Fsp3) is 1.00. The van der Waals surface area contributed by atoms with E-state index < -0.39 is 0 Å². The Morgan fingerprint density at radius 3 is 2.56 bits per heavy atom. The quantitative estimate of drug-likeness (QED) is 0.627. The van der Waals surface area contributed by atoms with Gasteiger partial charge in [-0.15, -0.1) is 0 Å². The second-order valence-electron chi connectivity index (χ2n) is 6.28. The third-order valence-corrected chi connectivity index (χ3v) is 5.75. The molecule has 0 aromatic carbocycles. The maximum Gasteiger partial charge on any atom is 0.105 e. The summed E-state index contributed by atoms with van der Waals surface area (Å²) in [6.07, 6.45) is 10.7. The second kappa shape index (κ2) is 3.23. The van der Waals surface area contributed by atoms with Crippen LogP contribution in [0.25, 0.3) is 0 Å². The lowest BCUT2D eigenvalue weighted by atomic mass is 9.51. The van der Waals surface area contributed by atoms with Crippen molar-refractivity contribution < 1.29 is 9.47 Å². The summed E-state index contributed by atoms with van der Waals surface area (Å²) in [6.45, 7) is 1.97. The monoisotopic (exact) mass is 222 g/mol. The highest BCUT2D eigenvalue weighted by atomic mass is 16.6. The van der Waals surface area contributed by atoms with E-state index in [4.69, 9.17) is 9.47 Å². The molecule has 3 atom stereocenters. The fourth-order valence-electron chi connectivity index (χ4n) is 5.10. The van der Waals surface area contributed by atoms with E-state index in [0.29, 0.717) is 0 Å². The van der Waals surface area contributed by atoms with Gasteiger partial charge in [-0.2, -0.15) is 0 Å². The fourth-order valence-corrected chi connectivity index (χ4v) is 5.10. The van der Waals surface area contributed by atoms with Crippen LogP contribution in [0.1, 0.15) is 51.4 Å². The Labute approximate surface area is 97.7 Å². The topological polar surface area (TPSA) is 18.5 Å². The van der Waals surface area contributed by atoms with Crippen LogP contribution in [-0.4, -0.2) is 24.4 Å². The molecule has 2 heterocycles. The van der Waals surface area contributed by atoms with Gasteiger partial charge in [-0.05, 0) is 38.0 Å². The molecule has 16 heavy (non-hydrogen) atoms. The van der Waals surface area contributed by atoms with Crippen molar-refractivity contribution >= 4 is 0 Å². The summed E-state index contributed by atoms with van der Waals surface area (Å²) in [5.41, 5.74) is 0.310. The minimum Gasteiger partial charge on any atom is -0.372 e. The average molecular weight is 222 g/mol. The molecule has 0 unspecified atom stereocenters.